The molecule has 1 N–H and O–H groups in total. The van der Waals surface area contributed by atoms with Gasteiger partial charge in [0.2, 0.25) is 5.91 Å². The summed E-state index contributed by atoms with van der Waals surface area (Å²) in [5.74, 6) is -0.00991. The Morgan fingerprint density at radius 2 is 2.12 bits per heavy atom. The zero-order chi connectivity index (χ0) is 12.1. The Kier molecular flexibility index (Phi) is 4.18. The number of hydrogen-bond acceptors (Lipinski definition) is 2. The van der Waals surface area contributed by atoms with Crippen LogP contribution in [-0.2, 0) is 17.8 Å². The summed E-state index contributed by atoms with van der Waals surface area (Å²) in [7, 11) is 0. The summed E-state index contributed by atoms with van der Waals surface area (Å²) < 4.78 is 0. The molecule has 88 valence electrons. The van der Waals surface area contributed by atoms with Gasteiger partial charge in [-0.05, 0) is 34.0 Å². The van der Waals surface area contributed by atoms with E-state index in [9.17, 15) is 4.79 Å². The van der Waals surface area contributed by atoms with Gasteiger partial charge >= 0.3 is 0 Å². The lowest BCUT2D eigenvalue weighted by molar-refractivity contribution is -0.120. The second-order valence-corrected chi connectivity index (χ2v) is 4.86. The molecule has 0 fully saturated rings. The number of nitrogens with one attached hydrogen (secondary N) is 1. The van der Waals surface area contributed by atoms with Crippen molar-refractivity contribution in [2.24, 2.45) is 0 Å². The topological polar surface area (TPSA) is 29.1 Å². The molecule has 0 aliphatic carbocycles. The Balaban J connectivity index is 1.87. The summed E-state index contributed by atoms with van der Waals surface area (Å²) in [5, 5.41) is 7.53. The lowest BCUT2D eigenvalue weighted by atomic mass is 10.1. The van der Waals surface area contributed by atoms with Gasteiger partial charge in [-0.3, -0.25) is 4.79 Å². The normalized spacial score (nSPS) is 10.2. The Hall–Kier alpha value is -1.32. The molecular weight excluding hydrogens is 254 g/mol. The van der Waals surface area contributed by atoms with Crippen LogP contribution in [0.3, 0.4) is 0 Å². The van der Waals surface area contributed by atoms with Crippen molar-refractivity contribution >= 4 is 28.8 Å². The molecule has 2 nitrogen and oxygen atoms in total. The van der Waals surface area contributed by atoms with Gasteiger partial charge in [0.05, 0.1) is 6.42 Å². The van der Waals surface area contributed by atoms with Crippen LogP contribution in [0.25, 0.3) is 0 Å². The molecule has 1 aromatic heterocycles. The van der Waals surface area contributed by atoms with Crippen LogP contribution in [0.5, 0.6) is 0 Å². The second kappa shape index (κ2) is 5.84. The predicted octanol–water partition coefficient (Wildman–Crippen LogP) is 3.26. The van der Waals surface area contributed by atoms with Crippen molar-refractivity contribution in [3.05, 3.63) is 57.2 Å². The first-order valence-corrected chi connectivity index (χ1v) is 6.59. The molecule has 0 atom stereocenters. The molecule has 2 aromatic rings. The standard InChI is InChI=1S/C13H12ClNOS/c14-12-4-2-1-3-11(12)7-13(16)15-8-10-5-6-17-9-10/h1-6,9H,7-8H2,(H,15,16). The zero-order valence-electron chi connectivity index (χ0n) is 9.15. The third-order valence-corrected chi connectivity index (χ3v) is 3.48. The monoisotopic (exact) mass is 265 g/mol. The van der Waals surface area contributed by atoms with Crippen molar-refractivity contribution in [2.45, 2.75) is 13.0 Å². The minimum absolute atomic E-state index is 0.00991. The van der Waals surface area contributed by atoms with Crippen molar-refractivity contribution in [3.63, 3.8) is 0 Å². The van der Waals surface area contributed by atoms with Crippen molar-refractivity contribution in [1.29, 1.82) is 0 Å². The molecule has 1 aromatic carbocycles. The molecule has 17 heavy (non-hydrogen) atoms. The van der Waals surface area contributed by atoms with E-state index in [4.69, 9.17) is 11.6 Å². The van der Waals surface area contributed by atoms with Crippen LogP contribution in [0.4, 0.5) is 0 Å². The van der Waals surface area contributed by atoms with Crippen LogP contribution in [0, 0.1) is 0 Å². The molecule has 0 saturated carbocycles. The molecule has 1 heterocycles. The fourth-order valence-electron chi connectivity index (χ4n) is 1.47. The van der Waals surface area contributed by atoms with E-state index in [1.54, 1.807) is 17.4 Å². The predicted molar refractivity (Wildman–Crippen MR) is 71.3 cm³/mol. The van der Waals surface area contributed by atoms with Gasteiger partial charge < -0.3 is 5.32 Å². The minimum Gasteiger partial charge on any atom is -0.352 e. The van der Waals surface area contributed by atoms with Gasteiger partial charge in [0.15, 0.2) is 0 Å². The van der Waals surface area contributed by atoms with E-state index in [0.717, 1.165) is 11.1 Å². The summed E-state index contributed by atoms with van der Waals surface area (Å²) in [6.45, 7) is 0.576. The summed E-state index contributed by atoms with van der Waals surface area (Å²) in [6, 6.07) is 9.40. The average Bonchev–Trinajstić information content (AvgIpc) is 2.82. The average molecular weight is 266 g/mol. The van der Waals surface area contributed by atoms with Crippen LogP contribution < -0.4 is 5.32 Å². The van der Waals surface area contributed by atoms with Gasteiger partial charge in [-0.2, -0.15) is 11.3 Å². The van der Waals surface area contributed by atoms with Crippen molar-refractivity contribution < 1.29 is 4.79 Å². The Labute approximate surface area is 109 Å². The summed E-state index contributed by atoms with van der Waals surface area (Å²) in [5.41, 5.74) is 1.99. The molecule has 4 heteroatoms. The van der Waals surface area contributed by atoms with E-state index in [-0.39, 0.29) is 5.91 Å². The molecule has 0 aliphatic heterocycles. The molecule has 1 amide bonds. The Morgan fingerprint density at radius 3 is 2.82 bits per heavy atom. The summed E-state index contributed by atoms with van der Waals surface area (Å²) in [4.78, 5) is 11.7. The van der Waals surface area contributed by atoms with E-state index in [1.165, 1.54) is 0 Å². The van der Waals surface area contributed by atoms with Gasteiger partial charge in [0.25, 0.3) is 0 Å². The lowest BCUT2D eigenvalue weighted by Crippen LogP contribution is -2.24. The molecule has 0 spiro atoms. The first-order chi connectivity index (χ1) is 8.25. The number of hydrogen-bond donors (Lipinski definition) is 1. The third kappa shape index (κ3) is 3.58. The number of carbonyl (C=O) groups excluding carboxylic acids is 1. The SMILES string of the molecule is O=C(Cc1ccccc1Cl)NCc1ccsc1. The van der Waals surface area contributed by atoms with E-state index < -0.39 is 0 Å². The Morgan fingerprint density at radius 1 is 1.29 bits per heavy atom. The molecule has 0 saturated heterocycles. The largest absolute Gasteiger partial charge is 0.352 e. The van der Waals surface area contributed by atoms with Crippen LogP contribution in [0.1, 0.15) is 11.1 Å². The van der Waals surface area contributed by atoms with E-state index in [2.05, 4.69) is 5.32 Å². The maximum atomic E-state index is 11.7. The molecule has 0 unspecified atom stereocenters. The number of carbonyl (C=O) groups is 1. The van der Waals surface area contributed by atoms with E-state index in [0.29, 0.717) is 18.0 Å². The summed E-state index contributed by atoms with van der Waals surface area (Å²) >= 11 is 7.61. The van der Waals surface area contributed by atoms with Crippen molar-refractivity contribution in [2.75, 3.05) is 0 Å². The highest BCUT2D eigenvalue weighted by molar-refractivity contribution is 7.07. The smallest absolute Gasteiger partial charge is 0.224 e. The minimum atomic E-state index is -0.00991. The van der Waals surface area contributed by atoms with Crippen LogP contribution >= 0.6 is 22.9 Å². The number of halogens is 1. The Bertz CT molecular complexity index is 496. The molecule has 2 rings (SSSR count). The highest BCUT2D eigenvalue weighted by atomic mass is 35.5. The maximum Gasteiger partial charge on any atom is 0.224 e. The first-order valence-electron chi connectivity index (χ1n) is 5.27. The van der Waals surface area contributed by atoms with Crippen molar-refractivity contribution in [1.82, 2.24) is 5.32 Å². The van der Waals surface area contributed by atoms with Crippen LogP contribution in [0.2, 0.25) is 5.02 Å². The fraction of sp³-hybridized carbons (Fsp3) is 0.154. The van der Waals surface area contributed by atoms with E-state index in [1.807, 2.05) is 35.0 Å². The van der Waals surface area contributed by atoms with Gasteiger partial charge in [-0.1, -0.05) is 29.8 Å². The lowest BCUT2D eigenvalue weighted by Gasteiger charge is -2.05. The summed E-state index contributed by atoms with van der Waals surface area (Å²) in [6.07, 6.45) is 0.323. The van der Waals surface area contributed by atoms with Crippen molar-refractivity contribution in [3.8, 4) is 0 Å². The molecule has 0 bridgehead atoms. The number of amides is 1. The number of thiophene rings is 1. The highest BCUT2D eigenvalue weighted by Crippen LogP contribution is 2.15. The molecule has 0 aliphatic rings. The van der Waals surface area contributed by atoms with Crippen LogP contribution in [-0.4, -0.2) is 5.91 Å². The second-order valence-electron chi connectivity index (χ2n) is 3.68. The quantitative estimate of drug-likeness (QED) is 0.903. The number of rotatable bonds is 4. The number of benzene rings is 1. The van der Waals surface area contributed by atoms with Gasteiger partial charge in [0.1, 0.15) is 0 Å². The van der Waals surface area contributed by atoms with Crippen LogP contribution in [0.15, 0.2) is 41.1 Å². The van der Waals surface area contributed by atoms with E-state index >= 15 is 0 Å². The molecular formula is C13H12ClNOS. The van der Waals surface area contributed by atoms with Gasteiger partial charge in [-0.15, -0.1) is 0 Å². The maximum absolute atomic E-state index is 11.7. The first kappa shape index (κ1) is 12.1. The zero-order valence-corrected chi connectivity index (χ0v) is 10.7. The van der Waals surface area contributed by atoms with Gasteiger partial charge in [0, 0.05) is 11.6 Å². The fourth-order valence-corrected chi connectivity index (χ4v) is 2.34. The van der Waals surface area contributed by atoms with Gasteiger partial charge in [-0.25, -0.2) is 0 Å². The third-order valence-electron chi connectivity index (χ3n) is 2.38. The molecule has 0 radical (unpaired) electrons. The highest BCUT2D eigenvalue weighted by Gasteiger charge is 2.06.